The minimum atomic E-state index is 0.297. The van der Waals surface area contributed by atoms with Crippen molar-refractivity contribution in [3.63, 3.8) is 0 Å². The van der Waals surface area contributed by atoms with E-state index in [1.165, 1.54) is 16.8 Å². The van der Waals surface area contributed by atoms with Gasteiger partial charge in [0, 0.05) is 28.4 Å². The molecule has 0 saturated heterocycles. The second-order valence-electron chi connectivity index (χ2n) is 8.03. The Bertz CT molecular complexity index is 1140. The van der Waals surface area contributed by atoms with Crippen molar-refractivity contribution in [1.82, 2.24) is 0 Å². The van der Waals surface area contributed by atoms with E-state index in [9.17, 15) is 0 Å². The van der Waals surface area contributed by atoms with Crippen molar-refractivity contribution in [1.29, 1.82) is 0 Å². The third-order valence-corrected chi connectivity index (χ3v) is 6.38. The largest absolute Gasteiger partial charge is 0.493 e. The maximum absolute atomic E-state index is 6.16. The second-order valence-corrected chi connectivity index (χ2v) is 8.46. The van der Waals surface area contributed by atoms with Gasteiger partial charge in [0.1, 0.15) is 5.75 Å². The van der Waals surface area contributed by atoms with Gasteiger partial charge in [-0.05, 0) is 66.8 Å². The van der Waals surface area contributed by atoms with Gasteiger partial charge in [-0.2, -0.15) is 0 Å². The van der Waals surface area contributed by atoms with Crippen LogP contribution in [0, 0.1) is 5.92 Å². The molecular formula is C27H25ClN2O. The van der Waals surface area contributed by atoms with Gasteiger partial charge in [-0.3, -0.25) is 4.99 Å². The average Bonchev–Trinajstić information content (AvgIpc) is 3.29. The van der Waals surface area contributed by atoms with E-state index in [0.717, 1.165) is 23.4 Å². The number of aliphatic imine (C=N–C) groups is 1. The van der Waals surface area contributed by atoms with Crippen molar-refractivity contribution < 1.29 is 4.74 Å². The van der Waals surface area contributed by atoms with Crippen LogP contribution in [0.4, 0.5) is 11.4 Å². The molecule has 1 aliphatic heterocycles. The normalized spacial score (nSPS) is 21.5. The molecule has 156 valence electrons. The van der Waals surface area contributed by atoms with Gasteiger partial charge in [-0.15, -0.1) is 0 Å². The fourth-order valence-corrected chi connectivity index (χ4v) is 4.87. The highest BCUT2D eigenvalue weighted by Crippen LogP contribution is 2.49. The molecule has 1 heterocycles. The quantitative estimate of drug-likeness (QED) is 0.341. The number of nitrogens with zero attached hydrogens (tertiary/aromatic N) is 1. The van der Waals surface area contributed by atoms with Crippen LogP contribution in [-0.2, 0) is 0 Å². The van der Waals surface area contributed by atoms with E-state index >= 15 is 0 Å². The Morgan fingerprint density at radius 1 is 1.10 bits per heavy atom. The zero-order valence-electron chi connectivity index (χ0n) is 17.5. The van der Waals surface area contributed by atoms with Gasteiger partial charge >= 0.3 is 0 Å². The zero-order chi connectivity index (χ0) is 21.2. The summed E-state index contributed by atoms with van der Waals surface area (Å²) in [6.07, 6.45) is 7.62. The van der Waals surface area contributed by atoms with Gasteiger partial charge in [0.2, 0.25) is 0 Å². The minimum absolute atomic E-state index is 0.297. The van der Waals surface area contributed by atoms with E-state index in [2.05, 4.69) is 71.0 Å². The Kier molecular flexibility index (Phi) is 5.52. The number of halogens is 1. The van der Waals surface area contributed by atoms with Crippen molar-refractivity contribution in [2.24, 2.45) is 10.9 Å². The molecule has 0 radical (unpaired) electrons. The number of anilines is 1. The standard InChI is InChI=1S/C27H25ClN2O/c1-2-31-26-15-12-20(28)16-19(26)17-29-21-13-10-18(11-14-21)27-24-8-5-7-22(24)23-6-3-4-9-25(23)30-27/h3-7,9-17,22,24,27,30H,2,8H2,1H3/t22-,24-,27-/m0/s1. The van der Waals surface area contributed by atoms with Crippen molar-refractivity contribution in [3.05, 3.63) is 101 Å². The number of para-hydroxylation sites is 1. The van der Waals surface area contributed by atoms with Gasteiger partial charge in [-0.1, -0.05) is 54.1 Å². The molecule has 0 aromatic heterocycles. The lowest BCUT2D eigenvalue weighted by Crippen LogP contribution is -2.28. The summed E-state index contributed by atoms with van der Waals surface area (Å²) < 4.78 is 5.68. The SMILES string of the molecule is CCOc1ccc(Cl)cc1C=Nc1ccc([C@@H]2Nc3ccccc3[C@@H]3C=CC[C@@H]32)cc1. The van der Waals surface area contributed by atoms with Crippen molar-refractivity contribution in [2.45, 2.75) is 25.3 Å². The Balaban J connectivity index is 1.38. The molecule has 3 aromatic rings. The summed E-state index contributed by atoms with van der Waals surface area (Å²) in [6.45, 7) is 2.57. The highest BCUT2D eigenvalue weighted by atomic mass is 35.5. The lowest BCUT2D eigenvalue weighted by molar-refractivity contribution is 0.340. The third-order valence-electron chi connectivity index (χ3n) is 6.15. The molecule has 0 fully saturated rings. The smallest absolute Gasteiger partial charge is 0.128 e. The molecule has 31 heavy (non-hydrogen) atoms. The van der Waals surface area contributed by atoms with E-state index in [4.69, 9.17) is 16.3 Å². The lowest BCUT2D eigenvalue weighted by Gasteiger charge is -2.37. The van der Waals surface area contributed by atoms with Crippen LogP contribution in [0.5, 0.6) is 5.75 Å². The molecule has 2 aliphatic rings. The highest BCUT2D eigenvalue weighted by Gasteiger charge is 2.37. The first kappa shape index (κ1) is 19.9. The molecule has 0 amide bonds. The maximum Gasteiger partial charge on any atom is 0.128 e. The number of hydrogen-bond donors (Lipinski definition) is 1. The monoisotopic (exact) mass is 428 g/mol. The molecule has 1 N–H and O–H groups in total. The van der Waals surface area contributed by atoms with Crippen molar-refractivity contribution in [2.75, 3.05) is 11.9 Å². The number of ether oxygens (including phenoxy) is 1. The summed E-state index contributed by atoms with van der Waals surface area (Å²) in [5.41, 5.74) is 5.73. The molecule has 3 nitrogen and oxygen atoms in total. The van der Waals surface area contributed by atoms with E-state index in [0.29, 0.717) is 29.5 Å². The number of benzene rings is 3. The van der Waals surface area contributed by atoms with Crippen molar-refractivity contribution >= 4 is 29.2 Å². The Morgan fingerprint density at radius 2 is 1.94 bits per heavy atom. The molecule has 0 unspecified atom stereocenters. The number of allylic oxidation sites excluding steroid dienone is 2. The van der Waals surface area contributed by atoms with Crippen LogP contribution in [0.25, 0.3) is 0 Å². The Morgan fingerprint density at radius 3 is 2.77 bits per heavy atom. The van der Waals surface area contributed by atoms with Crippen LogP contribution < -0.4 is 10.1 Å². The van der Waals surface area contributed by atoms with E-state index in [1.54, 1.807) is 0 Å². The Hall–Kier alpha value is -3.04. The first-order valence-corrected chi connectivity index (χ1v) is 11.2. The summed E-state index contributed by atoms with van der Waals surface area (Å²) >= 11 is 6.16. The minimum Gasteiger partial charge on any atom is -0.493 e. The predicted molar refractivity (Wildman–Crippen MR) is 129 cm³/mol. The zero-order valence-corrected chi connectivity index (χ0v) is 18.2. The van der Waals surface area contributed by atoms with Crippen LogP contribution in [-0.4, -0.2) is 12.8 Å². The van der Waals surface area contributed by atoms with Crippen LogP contribution in [0.3, 0.4) is 0 Å². The van der Waals surface area contributed by atoms with Gasteiger partial charge in [0.05, 0.1) is 18.3 Å². The van der Waals surface area contributed by atoms with Gasteiger partial charge in [0.25, 0.3) is 0 Å². The molecule has 0 bridgehead atoms. The fraction of sp³-hybridized carbons (Fsp3) is 0.222. The van der Waals surface area contributed by atoms with Crippen LogP contribution in [0.2, 0.25) is 5.02 Å². The topological polar surface area (TPSA) is 33.6 Å². The van der Waals surface area contributed by atoms with E-state index in [-0.39, 0.29) is 0 Å². The predicted octanol–water partition coefficient (Wildman–Crippen LogP) is 7.32. The number of hydrogen-bond acceptors (Lipinski definition) is 3. The lowest BCUT2D eigenvalue weighted by atomic mass is 9.77. The second kappa shape index (κ2) is 8.60. The summed E-state index contributed by atoms with van der Waals surface area (Å²) in [5.74, 6) is 1.82. The van der Waals surface area contributed by atoms with Crippen molar-refractivity contribution in [3.8, 4) is 5.75 Å². The Labute approximate surface area is 188 Å². The van der Waals surface area contributed by atoms with E-state index < -0.39 is 0 Å². The first-order chi connectivity index (χ1) is 15.2. The van der Waals surface area contributed by atoms with E-state index in [1.807, 2.05) is 31.3 Å². The highest BCUT2D eigenvalue weighted by molar-refractivity contribution is 6.30. The number of fused-ring (bicyclic) bond motifs is 3. The molecule has 3 aromatic carbocycles. The summed E-state index contributed by atoms with van der Waals surface area (Å²) in [7, 11) is 0. The number of rotatable bonds is 5. The summed E-state index contributed by atoms with van der Waals surface area (Å²) in [5, 5.41) is 4.45. The van der Waals surface area contributed by atoms with Gasteiger partial charge < -0.3 is 10.1 Å². The molecule has 4 heteroatoms. The first-order valence-electron chi connectivity index (χ1n) is 10.8. The summed E-state index contributed by atoms with van der Waals surface area (Å²) in [4.78, 5) is 4.65. The molecule has 1 aliphatic carbocycles. The maximum atomic E-state index is 6.16. The molecule has 5 rings (SSSR count). The third kappa shape index (κ3) is 3.98. The van der Waals surface area contributed by atoms with Gasteiger partial charge in [-0.25, -0.2) is 0 Å². The van der Waals surface area contributed by atoms with Crippen LogP contribution in [0.15, 0.2) is 83.9 Å². The van der Waals surface area contributed by atoms with Gasteiger partial charge in [0.15, 0.2) is 0 Å². The molecule has 3 atom stereocenters. The average molecular weight is 429 g/mol. The van der Waals surface area contributed by atoms with Crippen LogP contribution in [0.1, 0.15) is 42.0 Å². The van der Waals surface area contributed by atoms with Crippen LogP contribution >= 0.6 is 11.6 Å². The molecular weight excluding hydrogens is 404 g/mol. The number of nitrogens with one attached hydrogen (secondary N) is 1. The molecule has 0 saturated carbocycles. The fourth-order valence-electron chi connectivity index (χ4n) is 4.69. The molecule has 0 spiro atoms. The summed E-state index contributed by atoms with van der Waals surface area (Å²) in [6, 6.07) is 23.1.